The van der Waals surface area contributed by atoms with Crippen LogP contribution in [0.25, 0.3) is 6.08 Å². The van der Waals surface area contributed by atoms with E-state index in [1.165, 1.54) is 23.4 Å². The molecule has 35 heavy (non-hydrogen) atoms. The van der Waals surface area contributed by atoms with Crippen LogP contribution < -0.4 is 4.90 Å². The molecule has 0 unspecified atom stereocenters. The molecule has 0 fully saturated rings. The number of aryl methyl sites for hydroxylation is 1. The summed E-state index contributed by atoms with van der Waals surface area (Å²) in [5, 5.41) is 0. The van der Waals surface area contributed by atoms with Crippen LogP contribution in [0.15, 0.2) is 82.3 Å². The van der Waals surface area contributed by atoms with Gasteiger partial charge in [0.15, 0.2) is 6.54 Å². The largest absolute Gasteiger partial charge is 0.744 e. The fourth-order valence-electron chi connectivity index (χ4n) is 3.58. The molecule has 2 aromatic carbocycles. The highest BCUT2D eigenvalue weighted by Gasteiger charge is 2.36. The number of amides is 1. The molecule has 2 aliphatic heterocycles. The van der Waals surface area contributed by atoms with Crippen molar-refractivity contribution >= 4 is 55.7 Å². The van der Waals surface area contributed by atoms with Gasteiger partial charge in [-0.2, -0.15) is 0 Å². The van der Waals surface area contributed by atoms with E-state index in [1.54, 1.807) is 35.7 Å². The number of hydrogen-bond acceptors (Lipinski definition) is 7. The number of hydrogen-bond donors (Lipinski definition) is 0. The molecule has 0 saturated carbocycles. The molecule has 0 spiro atoms. The van der Waals surface area contributed by atoms with Crippen molar-refractivity contribution in [1.82, 2.24) is 0 Å². The van der Waals surface area contributed by atoms with E-state index in [-0.39, 0.29) is 10.8 Å². The lowest BCUT2D eigenvalue weighted by Gasteiger charge is -2.29. The quantitative estimate of drug-likeness (QED) is 0.305. The minimum absolute atomic E-state index is 0.104. The number of allylic oxidation sites excluding steroid dienone is 3. The fourth-order valence-corrected chi connectivity index (χ4v) is 5.93. The van der Waals surface area contributed by atoms with Crippen molar-refractivity contribution in [3.63, 3.8) is 0 Å². The second-order valence-electron chi connectivity index (χ2n) is 7.65. The van der Waals surface area contributed by atoms with Crippen LogP contribution in [0.4, 0.5) is 5.69 Å². The average molecular weight is 529 g/mol. The lowest BCUT2D eigenvalue weighted by Crippen LogP contribution is -2.23. The van der Waals surface area contributed by atoms with Gasteiger partial charge in [-0.05, 0) is 80.8 Å². The van der Waals surface area contributed by atoms with Gasteiger partial charge in [-0.1, -0.05) is 53.7 Å². The molecule has 0 aromatic heterocycles. The zero-order chi connectivity index (χ0) is 25.6. The third-order valence-electron chi connectivity index (χ3n) is 5.37. The normalized spacial score (nSPS) is 17.6. The molecule has 184 valence electrons. The zero-order valence-corrected chi connectivity index (χ0v) is 22.5. The summed E-state index contributed by atoms with van der Waals surface area (Å²) in [6, 6.07) is 14.2. The van der Waals surface area contributed by atoms with Crippen LogP contribution in [0.5, 0.6) is 0 Å². The second kappa shape index (κ2) is 11.9. The molecule has 0 saturated heterocycles. The summed E-state index contributed by atoms with van der Waals surface area (Å²) < 4.78 is 34.1. The Morgan fingerprint density at radius 3 is 2.31 bits per heavy atom. The number of anilines is 1. The van der Waals surface area contributed by atoms with Crippen molar-refractivity contribution < 1.29 is 22.3 Å². The molecule has 0 N–H and O–H groups in total. The maximum atomic E-state index is 12.5. The number of nitrogens with zero attached hydrogens (tertiary/aromatic N) is 2. The van der Waals surface area contributed by atoms with Gasteiger partial charge in [0, 0.05) is 17.9 Å². The standard InChI is InChI=1S/C19H21N2OS2.C7H8O3S/c1-4-20-15(11-10-14-8-6-7-9-16(14)20)12-13-17-18(22)21(5-2)19(23-3)24-17;1-6-2-4-7(5-3-6)11(8,9)10/h6-13H,4-5H2,1-3H3;2-5H,1H3,(H,8,9,10)/q+1;/p-1. The van der Waals surface area contributed by atoms with Crippen molar-refractivity contribution in [1.29, 1.82) is 0 Å². The van der Waals surface area contributed by atoms with Crippen molar-refractivity contribution in [2.45, 2.75) is 25.7 Å². The van der Waals surface area contributed by atoms with E-state index in [9.17, 15) is 17.8 Å². The summed E-state index contributed by atoms with van der Waals surface area (Å²) in [6.07, 6.45) is 10.3. The van der Waals surface area contributed by atoms with Gasteiger partial charge in [-0.3, -0.25) is 0 Å². The smallest absolute Gasteiger partial charge is 0.427 e. The number of para-hydroxylation sites is 1. The predicted octanol–water partition coefficient (Wildman–Crippen LogP) is 5.23. The Hall–Kier alpha value is -2.59. The molecule has 2 heterocycles. The molecule has 2 aliphatic rings. The summed E-state index contributed by atoms with van der Waals surface area (Å²) >= 11 is 3.19. The molecule has 9 heteroatoms. The van der Waals surface area contributed by atoms with E-state index in [4.69, 9.17) is 0 Å². The molecular formula is C26H28N2O4S3. The monoisotopic (exact) mass is 528 g/mol. The van der Waals surface area contributed by atoms with Crippen LogP contribution in [0, 0.1) is 6.92 Å². The number of likely N-dealkylation sites (N-methyl/N-ethyl adjacent to an activating group) is 2. The van der Waals surface area contributed by atoms with Gasteiger partial charge >= 0.3 is 5.91 Å². The summed E-state index contributed by atoms with van der Waals surface area (Å²) in [4.78, 5) is 15.4. The van der Waals surface area contributed by atoms with E-state index in [0.29, 0.717) is 6.54 Å². The second-order valence-corrected chi connectivity index (χ2v) is 11.1. The molecule has 0 atom stereocenters. The minimum atomic E-state index is -4.27. The predicted molar refractivity (Wildman–Crippen MR) is 146 cm³/mol. The summed E-state index contributed by atoms with van der Waals surface area (Å²) in [5.74, 6) is 0.104. The Labute approximate surface area is 215 Å². The topological polar surface area (TPSA) is 80.5 Å². The Morgan fingerprint density at radius 2 is 1.74 bits per heavy atom. The third kappa shape index (κ3) is 6.55. The van der Waals surface area contributed by atoms with Crippen molar-refractivity contribution in [2.75, 3.05) is 24.2 Å². The molecule has 0 aliphatic carbocycles. The first-order valence-electron chi connectivity index (χ1n) is 11.1. The number of thioether (sulfide) groups is 2. The summed E-state index contributed by atoms with van der Waals surface area (Å²) in [7, 11) is -4.27. The number of carbonyl (C=O) groups is 1. The van der Waals surface area contributed by atoms with Gasteiger partial charge in [-0.15, -0.1) is 4.58 Å². The maximum absolute atomic E-state index is 12.5. The van der Waals surface area contributed by atoms with E-state index in [2.05, 4.69) is 48.2 Å². The average Bonchev–Trinajstić information content (AvgIpc) is 3.16. The Kier molecular flexibility index (Phi) is 9.18. The van der Waals surface area contributed by atoms with Crippen molar-refractivity contribution in [3.8, 4) is 0 Å². The van der Waals surface area contributed by atoms with Gasteiger partial charge in [0.1, 0.15) is 15.0 Å². The van der Waals surface area contributed by atoms with Gasteiger partial charge in [0.2, 0.25) is 0 Å². The van der Waals surface area contributed by atoms with Gasteiger partial charge in [0.25, 0.3) is 4.38 Å². The lowest BCUT2D eigenvalue weighted by molar-refractivity contribution is -0.433. The van der Waals surface area contributed by atoms with Crippen molar-refractivity contribution in [2.24, 2.45) is 0 Å². The van der Waals surface area contributed by atoms with E-state index >= 15 is 0 Å². The highest BCUT2D eigenvalue weighted by Crippen LogP contribution is 2.33. The molecule has 2 aromatic rings. The third-order valence-corrected chi connectivity index (χ3v) is 8.46. The summed E-state index contributed by atoms with van der Waals surface area (Å²) in [6.45, 7) is 7.58. The highest BCUT2D eigenvalue weighted by atomic mass is 32.2. The van der Waals surface area contributed by atoms with Crippen LogP contribution in [0.3, 0.4) is 0 Å². The molecule has 0 bridgehead atoms. The van der Waals surface area contributed by atoms with E-state index < -0.39 is 10.1 Å². The number of fused-ring (bicyclic) bond motifs is 1. The number of benzene rings is 2. The van der Waals surface area contributed by atoms with Gasteiger partial charge < -0.3 is 9.45 Å². The molecule has 1 amide bonds. The van der Waals surface area contributed by atoms with Crippen LogP contribution in [-0.2, 0) is 14.9 Å². The number of carbonyl (C=O) groups excluding carboxylic acids is 1. The van der Waals surface area contributed by atoms with E-state index in [1.807, 2.05) is 36.8 Å². The fraction of sp³-hybridized carbons (Fsp3) is 0.231. The minimum Gasteiger partial charge on any atom is -0.744 e. The number of rotatable bonds is 4. The van der Waals surface area contributed by atoms with Gasteiger partial charge in [0.05, 0.1) is 4.90 Å². The van der Waals surface area contributed by atoms with E-state index in [0.717, 1.165) is 27.1 Å². The first-order chi connectivity index (χ1) is 16.7. The summed E-state index contributed by atoms with van der Waals surface area (Å²) in [5.41, 5.74) is 4.48. The Balaban J connectivity index is 0.000000261. The SMILES string of the molecule is CCN1C(=CC=C2SC(SC)=[N+](CC)C2=O)C=Cc2ccccc21.Cc1ccc(S(=O)(=O)[O-])cc1. The lowest BCUT2D eigenvalue weighted by atomic mass is 10.1. The molecular weight excluding hydrogens is 500 g/mol. The first-order valence-corrected chi connectivity index (χ1v) is 14.5. The maximum Gasteiger partial charge on any atom is 0.427 e. The van der Waals surface area contributed by atoms with Crippen LogP contribution in [0.2, 0.25) is 0 Å². The Bertz CT molecular complexity index is 1320. The molecule has 4 rings (SSSR count). The van der Waals surface area contributed by atoms with Crippen LogP contribution in [-0.4, -0.2) is 47.2 Å². The zero-order valence-electron chi connectivity index (χ0n) is 20.1. The molecule has 6 nitrogen and oxygen atoms in total. The molecule has 0 radical (unpaired) electrons. The van der Waals surface area contributed by atoms with Crippen LogP contribution in [0.1, 0.15) is 25.0 Å². The Morgan fingerprint density at radius 1 is 1.06 bits per heavy atom. The first kappa shape index (κ1) is 27.0. The van der Waals surface area contributed by atoms with Gasteiger partial charge in [-0.25, -0.2) is 13.2 Å². The highest BCUT2D eigenvalue weighted by molar-refractivity contribution is 8.40. The van der Waals surface area contributed by atoms with Crippen LogP contribution >= 0.6 is 23.5 Å². The van der Waals surface area contributed by atoms with Crippen molar-refractivity contribution in [3.05, 3.63) is 88.5 Å².